The SMILES string of the molecule is CC(C)C[C@H](N)C(=O)N[C@@H](CCCCNC(=O)OCC1c2ccccc2-c2ccccc21)C(=O)N[C@@H](CO)C(=O)O. The highest BCUT2D eigenvalue weighted by molar-refractivity contribution is 5.91. The standard InChI is InChI=1S/C30H40N4O7/c1-18(2)15-24(31)27(36)33-25(28(37)34-26(16-35)29(38)39)13-7-8-14-32-30(40)41-17-23-21-11-5-3-9-19(21)20-10-4-6-12-22(20)23/h3-6,9-12,18,23-26,35H,7-8,13-17,31H2,1-2H3,(H,32,40)(H,33,36)(H,34,37)(H,38,39)/t24-,25-,26-/m0/s1. The van der Waals surface area contributed by atoms with Crippen LogP contribution in [-0.2, 0) is 19.1 Å². The van der Waals surface area contributed by atoms with Crippen molar-refractivity contribution in [3.8, 4) is 11.1 Å². The van der Waals surface area contributed by atoms with Crippen molar-refractivity contribution in [2.75, 3.05) is 19.8 Å². The van der Waals surface area contributed by atoms with Gasteiger partial charge < -0.3 is 36.6 Å². The average Bonchev–Trinajstić information content (AvgIpc) is 3.26. The number of hydrogen-bond donors (Lipinski definition) is 6. The van der Waals surface area contributed by atoms with E-state index in [4.69, 9.17) is 15.6 Å². The van der Waals surface area contributed by atoms with E-state index in [1.807, 2.05) is 50.2 Å². The number of unbranched alkanes of at least 4 members (excludes halogenated alkanes) is 1. The van der Waals surface area contributed by atoms with E-state index in [2.05, 4.69) is 28.1 Å². The fourth-order valence-electron chi connectivity index (χ4n) is 4.93. The van der Waals surface area contributed by atoms with Crippen molar-refractivity contribution in [1.82, 2.24) is 16.0 Å². The number of hydrogen-bond acceptors (Lipinski definition) is 7. The van der Waals surface area contributed by atoms with E-state index >= 15 is 0 Å². The predicted octanol–water partition coefficient (Wildman–Crippen LogP) is 2.12. The number of amides is 3. The monoisotopic (exact) mass is 568 g/mol. The molecule has 0 fully saturated rings. The Morgan fingerprint density at radius 1 is 0.902 bits per heavy atom. The van der Waals surface area contributed by atoms with Crippen molar-refractivity contribution in [1.29, 1.82) is 0 Å². The average molecular weight is 569 g/mol. The van der Waals surface area contributed by atoms with Crippen LogP contribution >= 0.6 is 0 Å². The number of nitrogens with one attached hydrogen (secondary N) is 3. The summed E-state index contributed by atoms with van der Waals surface area (Å²) in [5.41, 5.74) is 10.5. The highest BCUT2D eigenvalue weighted by atomic mass is 16.5. The van der Waals surface area contributed by atoms with Crippen molar-refractivity contribution >= 4 is 23.9 Å². The van der Waals surface area contributed by atoms with Crippen LogP contribution in [-0.4, -0.2) is 72.0 Å². The van der Waals surface area contributed by atoms with Crippen molar-refractivity contribution in [3.63, 3.8) is 0 Å². The molecule has 3 atom stereocenters. The van der Waals surface area contributed by atoms with Crippen LogP contribution in [0.5, 0.6) is 0 Å². The maximum Gasteiger partial charge on any atom is 0.407 e. The van der Waals surface area contributed by atoms with Crippen molar-refractivity contribution < 1.29 is 34.1 Å². The van der Waals surface area contributed by atoms with Crippen LogP contribution in [0, 0.1) is 5.92 Å². The Hall–Kier alpha value is -3.96. The number of alkyl carbamates (subject to hydrolysis) is 1. The molecule has 11 heteroatoms. The molecule has 3 amide bonds. The van der Waals surface area contributed by atoms with E-state index in [0.717, 1.165) is 22.3 Å². The number of carbonyl (C=O) groups is 4. The Morgan fingerprint density at radius 3 is 2.05 bits per heavy atom. The van der Waals surface area contributed by atoms with Gasteiger partial charge in [0.2, 0.25) is 11.8 Å². The molecule has 11 nitrogen and oxygen atoms in total. The summed E-state index contributed by atoms with van der Waals surface area (Å²) in [6.07, 6.45) is 0.943. The first-order valence-corrected chi connectivity index (χ1v) is 13.9. The number of carbonyl (C=O) groups excluding carboxylic acids is 3. The number of carboxylic acid groups (broad SMARTS) is 1. The number of nitrogens with two attached hydrogens (primary N) is 1. The summed E-state index contributed by atoms with van der Waals surface area (Å²) < 4.78 is 5.53. The molecule has 2 aromatic rings. The number of aliphatic carboxylic acids is 1. The maximum absolute atomic E-state index is 12.7. The molecule has 0 bridgehead atoms. The topological polar surface area (TPSA) is 180 Å². The molecule has 0 aromatic heterocycles. The lowest BCUT2D eigenvalue weighted by Crippen LogP contribution is -2.55. The van der Waals surface area contributed by atoms with Crippen molar-refractivity contribution in [3.05, 3.63) is 59.7 Å². The number of rotatable bonds is 15. The second-order valence-corrected chi connectivity index (χ2v) is 10.6. The van der Waals surface area contributed by atoms with Gasteiger partial charge in [-0.1, -0.05) is 62.4 Å². The van der Waals surface area contributed by atoms with Crippen LogP contribution in [0.1, 0.15) is 56.6 Å². The molecule has 1 aliphatic carbocycles. The third-order valence-corrected chi connectivity index (χ3v) is 7.02. The molecule has 1 aliphatic rings. The Morgan fingerprint density at radius 2 is 1.49 bits per heavy atom. The number of carboxylic acids is 1. The minimum absolute atomic E-state index is 0.0494. The highest BCUT2D eigenvalue weighted by Gasteiger charge is 2.30. The first-order chi connectivity index (χ1) is 19.6. The van der Waals surface area contributed by atoms with E-state index in [-0.39, 0.29) is 31.4 Å². The van der Waals surface area contributed by atoms with E-state index < -0.39 is 48.6 Å². The van der Waals surface area contributed by atoms with E-state index in [9.17, 15) is 24.3 Å². The van der Waals surface area contributed by atoms with Crippen LogP contribution in [0.4, 0.5) is 4.79 Å². The molecule has 41 heavy (non-hydrogen) atoms. The second-order valence-electron chi connectivity index (χ2n) is 10.6. The van der Waals surface area contributed by atoms with Gasteiger partial charge in [-0.2, -0.15) is 0 Å². The third-order valence-electron chi connectivity index (χ3n) is 7.02. The van der Waals surface area contributed by atoms with Gasteiger partial charge in [0.25, 0.3) is 0 Å². The van der Waals surface area contributed by atoms with Crippen molar-refractivity contribution in [2.24, 2.45) is 11.7 Å². The second kappa shape index (κ2) is 15.2. The molecular weight excluding hydrogens is 528 g/mol. The van der Waals surface area contributed by atoms with Crippen LogP contribution in [0.25, 0.3) is 11.1 Å². The molecule has 2 aromatic carbocycles. The van der Waals surface area contributed by atoms with Crippen LogP contribution in [0.2, 0.25) is 0 Å². The van der Waals surface area contributed by atoms with Gasteiger partial charge in [-0.3, -0.25) is 9.59 Å². The number of benzene rings is 2. The maximum atomic E-state index is 12.7. The molecule has 0 saturated heterocycles. The smallest absolute Gasteiger partial charge is 0.407 e. The molecule has 0 saturated carbocycles. The zero-order valence-corrected chi connectivity index (χ0v) is 23.5. The number of ether oxygens (including phenoxy) is 1. The molecule has 3 rings (SSSR count). The fourth-order valence-corrected chi connectivity index (χ4v) is 4.93. The lowest BCUT2D eigenvalue weighted by molar-refractivity contribution is -0.143. The number of aliphatic hydroxyl groups is 1. The molecule has 0 unspecified atom stereocenters. The summed E-state index contributed by atoms with van der Waals surface area (Å²) in [4.78, 5) is 48.9. The van der Waals surface area contributed by atoms with Gasteiger partial charge in [0, 0.05) is 12.5 Å². The van der Waals surface area contributed by atoms with Crippen LogP contribution < -0.4 is 21.7 Å². The van der Waals surface area contributed by atoms with Crippen LogP contribution in [0.3, 0.4) is 0 Å². The van der Waals surface area contributed by atoms with Gasteiger partial charge in [0.1, 0.15) is 18.7 Å². The van der Waals surface area contributed by atoms with Gasteiger partial charge in [-0.05, 0) is 53.9 Å². The molecule has 0 heterocycles. The van der Waals surface area contributed by atoms with Crippen molar-refractivity contribution in [2.45, 2.75) is 63.6 Å². The Labute approximate surface area is 239 Å². The number of fused-ring (bicyclic) bond motifs is 3. The minimum Gasteiger partial charge on any atom is -0.480 e. The Kier molecular flexibility index (Phi) is 11.7. The molecule has 0 radical (unpaired) electrons. The van der Waals surface area contributed by atoms with Crippen LogP contribution in [0.15, 0.2) is 48.5 Å². The third kappa shape index (κ3) is 8.76. The van der Waals surface area contributed by atoms with E-state index in [0.29, 0.717) is 19.3 Å². The Bertz CT molecular complexity index is 1170. The summed E-state index contributed by atoms with van der Waals surface area (Å²) in [6.45, 7) is 3.51. The summed E-state index contributed by atoms with van der Waals surface area (Å²) in [5, 5.41) is 25.9. The normalized spacial score (nSPS) is 14.4. The molecule has 0 aliphatic heterocycles. The van der Waals surface area contributed by atoms with E-state index in [1.54, 1.807) is 0 Å². The van der Waals surface area contributed by atoms with Gasteiger partial charge in [0.15, 0.2) is 0 Å². The van der Waals surface area contributed by atoms with E-state index in [1.165, 1.54) is 0 Å². The summed E-state index contributed by atoms with van der Waals surface area (Å²) in [6, 6.07) is 12.8. The largest absolute Gasteiger partial charge is 0.480 e. The zero-order valence-electron chi connectivity index (χ0n) is 23.5. The minimum atomic E-state index is -1.50. The van der Waals surface area contributed by atoms with Gasteiger partial charge in [0.05, 0.1) is 12.6 Å². The molecule has 7 N–H and O–H groups in total. The highest BCUT2D eigenvalue weighted by Crippen LogP contribution is 2.44. The van der Waals surface area contributed by atoms with Gasteiger partial charge in [-0.15, -0.1) is 0 Å². The van der Waals surface area contributed by atoms with Gasteiger partial charge in [-0.25, -0.2) is 9.59 Å². The Balaban J connectivity index is 1.48. The lowest BCUT2D eigenvalue weighted by atomic mass is 9.98. The number of aliphatic hydroxyl groups excluding tert-OH is 1. The summed E-state index contributed by atoms with van der Waals surface area (Å²) >= 11 is 0. The summed E-state index contributed by atoms with van der Waals surface area (Å²) in [7, 11) is 0. The quantitative estimate of drug-likeness (QED) is 0.177. The first-order valence-electron chi connectivity index (χ1n) is 13.9. The summed E-state index contributed by atoms with van der Waals surface area (Å²) in [5.74, 6) is -2.54. The first kappa shape index (κ1) is 31.6. The molecular formula is C30H40N4O7. The predicted molar refractivity (Wildman–Crippen MR) is 153 cm³/mol. The zero-order chi connectivity index (χ0) is 29.9. The lowest BCUT2D eigenvalue weighted by Gasteiger charge is -2.23. The molecule has 0 spiro atoms. The molecule has 222 valence electrons. The fraction of sp³-hybridized carbons (Fsp3) is 0.467. The van der Waals surface area contributed by atoms with Gasteiger partial charge >= 0.3 is 12.1 Å².